The molecule has 4 rings (SSSR count). The van der Waals surface area contributed by atoms with E-state index in [4.69, 9.17) is 14.5 Å². The van der Waals surface area contributed by atoms with E-state index in [2.05, 4.69) is 16.8 Å². The number of nitrogens with one attached hydrogen (secondary N) is 1. The molecule has 2 aromatic rings. The van der Waals surface area contributed by atoms with Crippen molar-refractivity contribution in [1.82, 2.24) is 4.98 Å². The van der Waals surface area contributed by atoms with Crippen molar-refractivity contribution in [3.05, 3.63) is 23.6 Å². The molecule has 1 aromatic heterocycles. The Morgan fingerprint density at radius 2 is 2.00 bits per heavy atom. The number of benzene rings is 1. The molecule has 1 saturated carbocycles. The van der Waals surface area contributed by atoms with Gasteiger partial charge in [0.1, 0.15) is 0 Å². The maximum atomic E-state index is 5.75. The quantitative estimate of drug-likeness (QED) is 0.919. The highest BCUT2D eigenvalue weighted by molar-refractivity contribution is 7.14. The molecule has 1 aliphatic carbocycles. The third kappa shape index (κ3) is 2.90. The molecule has 0 unspecified atom stereocenters. The van der Waals surface area contributed by atoms with Crippen LogP contribution in [0.25, 0.3) is 11.3 Å². The SMILES string of the molecule is c1cc2c(cc1-c1csc(NCC3CCC3)n1)OCCCO2. The van der Waals surface area contributed by atoms with Gasteiger partial charge in [0.2, 0.25) is 0 Å². The highest BCUT2D eigenvalue weighted by Crippen LogP contribution is 2.35. The molecule has 0 spiro atoms. The lowest BCUT2D eigenvalue weighted by Gasteiger charge is -2.25. The second kappa shape index (κ2) is 6.16. The minimum atomic E-state index is 0.710. The molecule has 5 heteroatoms. The summed E-state index contributed by atoms with van der Waals surface area (Å²) in [6.45, 7) is 2.48. The van der Waals surface area contributed by atoms with Gasteiger partial charge in [0, 0.05) is 23.9 Å². The summed E-state index contributed by atoms with van der Waals surface area (Å²) in [5.41, 5.74) is 2.08. The van der Waals surface area contributed by atoms with Crippen LogP contribution in [0, 0.1) is 5.92 Å². The third-order valence-electron chi connectivity index (χ3n) is 4.31. The third-order valence-corrected chi connectivity index (χ3v) is 5.11. The maximum absolute atomic E-state index is 5.75. The van der Waals surface area contributed by atoms with Gasteiger partial charge < -0.3 is 14.8 Å². The van der Waals surface area contributed by atoms with Gasteiger partial charge in [-0.3, -0.25) is 0 Å². The number of anilines is 1. The number of nitrogens with zero attached hydrogens (tertiary/aromatic N) is 1. The molecule has 1 aromatic carbocycles. The van der Waals surface area contributed by atoms with Crippen molar-refractivity contribution < 1.29 is 9.47 Å². The van der Waals surface area contributed by atoms with Gasteiger partial charge in [-0.15, -0.1) is 11.3 Å². The monoisotopic (exact) mass is 316 g/mol. The summed E-state index contributed by atoms with van der Waals surface area (Å²) >= 11 is 1.67. The number of aromatic nitrogens is 1. The number of hydrogen-bond donors (Lipinski definition) is 1. The number of thiazole rings is 1. The minimum absolute atomic E-state index is 0.710. The Labute approximate surface area is 134 Å². The van der Waals surface area contributed by atoms with Crippen molar-refractivity contribution >= 4 is 16.5 Å². The fraction of sp³-hybridized carbons (Fsp3) is 0.471. The van der Waals surface area contributed by atoms with Crippen LogP contribution in [0.15, 0.2) is 23.6 Å². The van der Waals surface area contributed by atoms with Crippen LogP contribution in [0.3, 0.4) is 0 Å². The van der Waals surface area contributed by atoms with E-state index in [-0.39, 0.29) is 0 Å². The minimum Gasteiger partial charge on any atom is -0.490 e. The van der Waals surface area contributed by atoms with Gasteiger partial charge in [-0.05, 0) is 37.0 Å². The van der Waals surface area contributed by atoms with E-state index in [1.54, 1.807) is 11.3 Å². The standard InChI is InChI=1S/C17H20N2O2S/c1-3-12(4-1)10-18-17-19-14(11-22-17)13-5-6-15-16(9-13)21-8-2-7-20-15/h5-6,9,11-12H,1-4,7-8,10H2,(H,18,19). The molecule has 1 aliphatic heterocycles. The zero-order valence-corrected chi connectivity index (χ0v) is 13.3. The Morgan fingerprint density at radius 1 is 1.14 bits per heavy atom. The highest BCUT2D eigenvalue weighted by Gasteiger charge is 2.17. The van der Waals surface area contributed by atoms with Gasteiger partial charge in [-0.1, -0.05) is 6.42 Å². The van der Waals surface area contributed by atoms with E-state index in [0.717, 1.165) is 53.4 Å². The Kier molecular flexibility index (Phi) is 3.89. The number of fused-ring (bicyclic) bond motifs is 1. The highest BCUT2D eigenvalue weighted by atomic mass is 32.1. The van der Waals surface area contributed by atoms with E-state index in [1.807, 2.05) is 12.1 Å². The van der Waals surface area contributed by atoms with E-state index in [0.29, 0.717) is 6.61 Å². The summed E-state index contributed by atoms with van der Waals surface area (Å²) in [5, 5.41) is 6.57. The largest absolute Gasteiger partial charge is 0.490 e. The summed E-state index contributed by atoms with van der Waals surface area (Å²) < 4.78 is 11.4. The average Bonchev–Trinajstić information content (AvgIpc) is 2.83. The first-order valence-corrected chi connectivity index (χ1v) is 8.86. The molecule has 2 heterocycles. The second-order valence-electron chi connectivity index (χ2n) is 5.93. The molecule has 4 nitrogen and oxygen atoms in total. The van der Waals surface area contributed by atoms with Crippen LogP contribution in [0.1, 0.15) is 25.7 Å². The first-order valence-electron chi connectivity index (χ1n) is 7.98. The summed E-state index contributed by atoms with van der Waals surface area (Å²) in [6.07, 6.45) is 5.02. The van der Waals surface area contributed by atoms with Crippen LogP contribution in [-0.4, -0.2) is 24.7 Å². The summed E-state index contributed by atoms with van der Waals surface area (Å²) in [6, 6.07) is 6.07. The zero-order valence-electron chi connectivity index (χ0n) is 12.5. The first kappa shape index (κ1) is 13.9. The summed E-state index contributed by atoms with van der Waals surface area (Å²) in [4.78, 5) is 4.69. The molecular formula is C17H20N2O2S. The van der Waals surface area contributed by atoms with Gasteiger partial charge in [-0.25, -0.2) is 4.98 Å². The Morgan fingerprint density at radius 3 is 2.82 bits per heavy atom. The van der Waals surface area contributed by atoms with Crippen molar-refractivity contribution in [1.29, 1.82) is 0 Å². The van der Waals surface area contributed by atoms with Crippen LogP contribution in [0.4, 0.5) is 5.13 Å². The number of hydrogen-bond acceptors (Lipinski definition) is 5. The molecular weight excluding hydrogens is 296 g/mol. The maximum Gasteiger partial charge on any atom is 0.183 e. The van der Waals surface area contributed by atoms with Crippen LogP contribution in [0.5, 0.6) is 11.5 Å². The number of ether oxygens (including phenoxy) is 2. The Balaban J connectivity index is 1.49. The molecule has 2 aliphatic rings. The fourth-order valence-electron chi connectivity index (χ4n) is 2.74. The first-order chi connectivity index (χ1) is 10.9. The van der Waals surface area contributed by atoms with Gasteiger partial charge in [-0.2, -0.15) is 0 Å². The van der Waals surface area contributed by atoms with Crippen molar-refractivity contribution in [2.45, 2.75) is 25.7 Å². The molecule has 1 fully saturated rings. The molecule has 0 saturated heterocycles. The predicted molar refractivity (Wildman–Crippen MR) is 89.0 cm³/mol. The average molecular weight is 316 g/mol. The molecule has 0 radical (unpaired) electrons. The van der Waals surface area contributed by atoms with Gasteiger partial charge in [0.15, 0.2) is 16.6 Å². The lowest BCUT2D eigenvalue weighted by Crippen LogP contribution is -2.20. The zero-order chi connectivity index (χ0) is 14.8. The van der Waals surface area contributed by atoms with Crippen LogP contribution in [0.2, 0.25) is 0 Å². The lowest BCUT2D eigenvalue weighted by atomic mass is 9.86. The molecule has 0 amide bonds. The fourth-order valence-corrected chi connectivity index (χ4v) is 3.47. The second-order valence-corrected chi connectivity index (χ2v) is 6.79. The van der Waals surface area contributed by atoms with E-state index >= 15 is 0 Å². The van der Waals surface area contributed by atoms with Crippen LogP contribution < -0.4 is 14.8 Å². The van der Waals surface area contributed by atoms with Gasteiger partial charge >= 0.3 is 0 Å². The Hall–Kier alpha value is -1.75. The van der Waals surface area contributed by atoms with Crippen molar-refractivity contribution in [3.8, 4) is 22.8 Å². The molecule has 0 atom stereocenters. The van der Waals surface area contributed by atoms with Crippen LogP contribution in [-0.2, 0) is 0 Å². The number of rotatable bonds is 4. The van der Waals surface area contributed by atoms with E-state index < -0.39 is 0 Å². The molecule has 22 heavy (non-hydrogen) atoms. The van der Waals surface area contributed by atoms with Gasteiger partial charge in [0.05, 0.1) is 18.9 Å². The van der Waals surface area contributed by atoms with E-state index in [1.165, 1.54) is 19.3 Å². The smallest absolute Gasteiger partial charge is 0.183 e. The summed E-state index contributed by atoms with van der Waals surface area (Å²) in [5.74, 6) is 2.50. The van der Waals surface area contributed by atoms with Crippen LogP contribution >= 0.6 is 11.3 Å². The van der Waals surface area contributed by atoms with Crippen molar-refractivity contribution in [2.24, 2.45) is 5.92 Å². The Bertz CT molecular complexity index is 652. The van der Waals surface area contributed by atoms with Crippen molar-refractivity contribution in [3.63, 3.8) is 0 Å². The van der Waals surface area contributed by atoms with E-state index in [9.17, 15) is 0 Å². The summed E-state index contributed by atoms with van der Waals surface area (Å²) in [7, 11) is 0. The van der Waals surface area contributed by atoms with Crippen molar-refractivity contribution in [2.75, 3.05) is 25.1 Å². The topological polar surface area (TPSA) is 43.4 Å². The molecule has 116 valence electrons. The van der Waals surface area contributed by atoms with Gasteiger partial charge in [0.25, 0.3) is 0 Å². The normalized spacial score (nSPS) is 17.6. The molecule has 0 bridgehead atoms. The predicted octanol–water partition coefficient (Wildman–Crippen LogP) is 4.18. The lowest BCUT2D eigenvalue weighted by molar-refractivity contribution is 0.297. The molecule has 1 N–H and O–H groups in total.